The van der Waals surface area contributed by atoms with Gasteiger partial charge in [-0.3, -0.25) is 19.1 Å². The molecule has 0 bridgehead atoms. The molecule has 190 valence electrons. The van der Waals surface area contributed by atoms with Gasteiger partial charge >= 0.3 is 0 Å². The third kappa shape index (κ3) is 5.54. The lowest BCUT2D eigenvalue weighted by atomic mass is 10.0. The zero-order chi connectivity index (χ0) is 26.7. The third-order valence-electron chi connectivity index (χ3n) is 5.97. The van der Waals surface area contributed by atoms with E-state index in [1.165, 1.54) is 22.6 Å². The maximum absolute atomic E-state index is 15.3. The van der Waals surface area contributed by atoms with Crippen LogP contribution in [0.15, 0.2) is 66.7 Å². The molecule has 0 saturated heterocycles. The van der Waals surface area contributed by atoms with E-state index in [0.29, 0.717) is 21.5 Å². The second-order valence-corrected chi connectivity index (χ2v) is 9.30. The predicted molar refractivity (Wildman–Crippen MR) is 142 cm³/mol. The summed E-state index contributed by atoms with van der Waals surface area (Å²) in [7, 11) is 0. The second kappa shape index (κ2) is 10.9. The van der Waals surface area contributed by atoms with Crippen LogP contribution in [0.25, 0.3) is 22.0 Å². The van der Waals surface area contributed by atoms with Gasteiger partial charge in [0.2, 0.25) is 11.8 Å². The van der Waals surface area contributed by atoms with Gasteiger partial charge in [-0.15, -0.1) is 0 Å². The lowest BCUT2D eigenvalue weighted by Gasteiger charge is -2.26. The highest BCUT2D eigenvalue weighted by molar-refractivity contribution is 6.33. The van der Waals surface area contributed by atoms with E-state index in [0.717, 1.165) is 0 Å². The number of amides is 2. The molecule has 0 saturated carbocycles. The number of carbonyl (C=O) groups excluding carboxylic acids is 3. The molecular weight excluding hydrogens is 495 g/mol. The van der Waals surface area contributed by atoms with E-state index < -0.39 is 11.7 Å². The number of Topliss-reactive ketones (excluding diaryl/α,β-unsaturated/α-hetero) is 1. The van der Waals surface area contributed by atoms with Gasteiger partial charge in [-0.25, -0.2) is 4.39 Å². The molecule has 4 aromatic rings. The summed E-state index contributed by atoms with van der Waals surface area (Å²) in [6.07, 6.45) is 0. The van der Waals surface area contributed by atoms with Crippen LogP contribution in [0, 0.1) is 5.82 Å². The highest BCUT2D eigenvalue weighted by Crippen LogP contribution is 2.32. The second-order valence-electron chi connectivity index (χ2n) is 8.89. The number of halogens is 2. The molecule has 4 rings (SSSR count). The van der Waals surface area contributed by atoms with Gasteiger partial charge in [0, 0.05) is 34.5 Å². The lowest BCUT2D eigenvalue weighted by Crippen LogP contribution is -2.44. The highest BCUT2D eigenvalue weighted by Gasteiger charge is 2.24. The summed E-state index contributed by atoms with van der Waals surface area (Å²) < 4.78 is 16.7. The van der Waals surface area contributed by atoms with E-state index in [4.69, 9.17) is 11.6 Å². The first kappa shape index (κ1) is 26.0. The number of benzene rings is 3. The molecule has 0 aliphatic heterocycles. The minimum absolute atomic E-state index is 0.0113. The molecule has 1 aromatic heterocycles. The van der Waals surface area contributed by atoms with Crippen molar-refractivity contribution in [3.8, 4) is 11.1 Å². The number of carbonyl (C=O) groups is 3. The van der Waals surface area contributed by atoms with Crippen LogP contribution in [0.5, 0.6) is 0 Å². The summed E-state index contributed by atoms with van der Waals surface area (Å²) >= 11 is 6.23. The van der Waals surface area contributed by atoms with Crippen LogP contribution >= 0.6 is 11.6 Å². The number of hydrogen-bond acceptors (Lipinski definition) is 4. The standard InChI is InChI=1S/C28H26ClFN4O3/c1-17(2)33(26(37)16-34-24-14-7-5-10-21(24)28(32-34)18(3)35)15-25(36)31-23-13-8-11-20(27(23)30)19-9-4-6-12-22(19)29/h4-14,17H,15-16H2,1-3H3,(H,31,36). The molecule has 0 spiro atoms. The molecule has 2 amide bonds. The van der Waals surface area contributed by atoms with Crippen molar-refractivity contribution in [2.24, 2.45) is 0 Å². The van der Waals surface area contributed by atoms with Gasteiger partial charge in [0.15, 0.2) is 11.6 Å². The number of aromatic nitrogens is 2. The van der Waals surface area contributed by atoms with E-state index in [2.05, 4.69) is 10.4 Å². The van der Waals surface area contributed by atoms with Crippen LogP contribution in [-0.4, -0.2) is 44.9 Å². The number of nitrogens with zero attached hydrogens (tertiary/aromatic N) is 3. The molecule has 0 radical (unpaired) electrons. The molecule has 0 fully saturated rings. The highest BCUT2D eigenvalue weighted by atomic mass is 35.5. The summed E-state index contributed by atoms with van der Waals surface area (Å²) in [6, 6.07) is 18.4. The number of anilines is 1. The number of fused-ring (bicyclic) bond motifs is 1. The van der Waals surface area contributed by atoms with Gasteiger partial charge in [0.1, 0.15) is 18.8 Å². The number of hydrogen-bond donors (Lipinski definition) is 1. The maximum Gasteiger partial charge on any atom is 0.245 e. The fraction of sp³-hybridized carbons (Fsp3) is 0.214. The number of nitrogens with one attached hydrogen (secondary N) is 1. The summed E-state index contributed by atoms with van der Waals surface area (Å²) in [6.45, 7) is 4.55. The quantitative estimate of drug-likeness (QED) is 0.308. The average Bonchev–Trinajstić information content (AvgIpc) is 3.23. The molecule has 37 heavy (non-hydrogen) atoms. The van der Waals surface area contributed by atoms with Gasteiger partial charge in [-0.05, 0) is 32.0 Å². The van der Waals surface area contributed by atoms with Crippen LogP contribution in [0.2, 0.25) is 5.02 Å². The van der Waals surface area contributed by atoms with Crippen LogP contribution in [0.1, 0.15) is 31.3 Å². The van der Waals surface area contributed by atoms with E-state index >= 15 is 4.39 Å². The Labute approximate surface area is 218 Å². The first-order chi connectivity index (χ1) is 17.7. The zero-order valence-electron chi connectivity index (χ0n) is 20.7. The van der Waals surface area contributed by atoms with Crippen molar-refractivity contribution >= 4 is 45.8 Å². The zero-order valence-corrected chi connectivity index (χ0v) is 21.4. The SMILES string of the molecule is CC(=O)c1nn(CC(=O)N(CC(=O)Nc2cccc(-c3ccccc3Cl)c2F)C(C)C)c2ccccc12. The normalized spacial score (nSPS) is 11.1. The molecule has 1 heterocycles. The maximum atomic E-state index is 15.3. The van der Waals surface area contributed by atoms with E-state index in [9.17, 15) is 14.4 Å². The summed E-state index contributed by atoms with van der Waals surface area (Å²) in [5, 5.41) is 7.96. The van der Waals surface area contributed by atoms with E-state index in [-0.39, 0.29) is 47.8 Å². The number of ketones is 1. The molecular formula is C28H26ClFN4O3. The number of rotatable bonds is 8. The van der Waals surface area contributed by atoms with Crippen LogP contribution in [-0.2, 0) is 16.1 Å². The largest absolute Gasteiger partial charge is 0.329 e. The Morgan fingerprint density at radius 2 is 1.68 bits per heavy atom. The van der Waals surface area contributed by atoms with Crippen molar-refractivity contribution in [1.82, 2.24) is 14.7 Å². The van der Waals surface area contributed by atoms with Crippen molar-refractivity contribution < 1.29 is 18.8 Å². The van der Waals surface area contributed by atoms with Crippen molar-refractivity contribution in [1.29, 1.82) is 0 Å². The molecule has 1 N–H and O–H groups in total. The Morgan fingerprint density at radius 3 is 2.38 bits per heavy atom. The number of para-hydroxylation sites is 1. The van der Waals surface area contributed by atoms with Crippen molar-refractivity contribution in [3.05, 3.63) is 83.3 Å². The molecule has 7 nitrogen and oxygen atoms in total. The average molecular weight is 521 g/mol. The molecule has 9 heteroatoms. The Balaban J connectivity index is 1.52. The van der Waals surface area contributed by atoms with Crippen molar-refractivity contribution in [2.45, 2.75) is 33.4 Å². The first-order valence-corrected chi connectivity index (χ1v) is 12.1. The molecule has 0 unspecified atom stereocenters. The monoisotopic (exact) mass is 520 g/mol. The Bertz CT molecular complexity index is 1500. The van der Waals surface area contributed by atoms with E-state index in [1.807, 2.05) is 0 Å². The summed E-state index contributed by atoms with van der Waals surface area (Å²) in [5.41, 5.74) is 1.68. The lowest BCUT2D eigenvalue weighted by molar-refractivity contribution is -0.137. The van der Waals surface area contributed by atoms with Crippen molar-refractivity contribution in [3.63, 3.8) is 0 Å². The Hall–Kier alpha value is -4.04. The third-order valence-corrected chi connectivity index (χ3v) is 6.30. The predicted octanol–water partition coefficient (Wildman–Crippen LogP) is 5.57. The topological polar surface area (TPSA) is 84.3 Å². The van der Waals surface area contributed by atoms with Crippen LogP contribution in [0.3, 0.4) is 0 Å². The molecule has 0 atom stereocenters. The van der Waals surface area contributed by atoms with Gasteiger partial charge < -0.3 is 10.2 Å². The fourth-order valence-corrected chi connectivity index (χ4v) is 4.38. The van der Waals surface area contributed by atoms with Crippen molar-refractivity contribution in [2.75, 3.05) is 11.9 Å². The van der Waals surface area contributed by atoms with Gasteiger partial charge in [-0.2, -0.15) is 5.10 Å². The van der Waals surface area contributed by atoms with Crippen LogP contribution in [0.4, 0.5) is 10.1 Å². The van der Waals surface area contributed by atoms with E-state index in [1.54, 1.807) is 74.5 Å². The van der Waals surface area contributed by atoms with Gasteiger partial charge in [0.05, 0.1) is 11.2 Å². The summed E-state index contributed by atoms with van der Waals surface area (Å²) in [5.74, 6) is -1.74. The molecule has 3 aromatic carbocycles. The van der Waals surface area contributed by atoms with Gasteiger partial charge in [-0.1, -0.05) is 60.1 Å². The minimum Gasteiger partial charge on any atom is -0.329 e. The fourth-order valence-electron chi connectivity index (χ4n) is 4.15. The Morgan fingerprint density at radius 1 is 1.00 bits per heavy atom. The minimum atomic E-state index is -0.619. The first-order valence-electron chi connectivity index (χ1n) is 11.8. The Kier molecular flexibility index (Phi) is 7.69. The van der Waals surface area contributed by atoms with Gasteiger partial charge in [0.25, 0.3) is 0 Å². The van der Waals surface area contributed by atoms with Crippen LogP contribution < -0.4 is 5.32 Å². The summed E-state index contributed by atoms with van der Waals surface area (Å²) in [4.78, 5) is 39.5. The molecule has 0 aliphatic carbocycles. The molecule has 0 aliphatic rings. The smallest absolute Gasteiger partial charge is 0.245 e.